The highest BCUT2D eigenvalue weighted by atomic mass is 35.5. The van der Waals surface area contributed by atoms with Gasteiger partial charge in [0.1, 0.15) is 5.82 Å². The maximum Gasteiger partial charge on any atom is 0.127 e. The maximum absolute atomic E-state index is 6.38. The first-order valence-corrected chi connectivity index (χ1v) is 8.14. The van der Waals surface area contributed by atoms with Crippen LogP contribution in [0.3, 0.4) is 0 Å². The molecule has 2 saturated carbocycles. The summed E-state index contributed by atoms with van der Waals surface area (Å²) >= 11 is 6.38. The Labute approximate surface area is 125 Å². The van der Waals surface area contributed by atoms with E-state index >= 15 is 0 Å². The minimum atomic E-state index is -0.0299. The second-order valence-electron chi connectivity index (χ2n) is 6.80. The predicted molar refractivity (Wildman–Crippen MR) is 83.1 cm³/mol. The number of aromatic nitrogens is 2. The molecule has 2 nitrogen and oxygen atoms in total. The van der Waals surface area contributed by atoms with E-state index in [0.29, 0.717) is 5.41 Å². The van der Waals surface area contributed by atoms with Crippen LogP contribution in [0.5, 0.6) is 0 Å². The fourth-order valence-electron chi connectivity index (χ4n) is 3.59. The highest BCUT2D eigenvalue weighted by Gasteiger charge is 2.54. The molecule has 2 aliphatic carbocycles. The molecule has 0 saturated heterocycles. The van der Waals surface area contributed by atoms with Gasteiger partial charge in [-0.05, 0) is 68.6 Å². The van der Waals surface area contributed by atoms with Crippen molar-refractivity contribution in [3.05, 3.63) is 29.6 Å². The third-order valence-corrected chi connectivity index (χ3v) is 5.29. The van der Waals surface area contributed by atoms with Crippen LogP contribution in [-0.2, 0) is 6.54 Å². The largest absolute Gasteiger partial charge is 0.326 e. The van der Waals surface area contributed by atoms with Crippen molar-refractivity contribution in [2.45, 2.75) is 51.5 Å². The molecule has 3 heteroatoms. The average molecular weight is 289 g/mol. The molecule has 2 fully saturated rings. The standard InChI is InChI=1S/C17H21ClN2/c1-11-3-6-14-15(9-11)20(16(19-14)12(2)18)10-17(7-8-17)13-4-5-13/h3,6,9,12-13H,4-5,7-8,10H2,1-2H3. The number of benzene rings is 1. The monoisotopic (exact) mass is 288 g/mol. The zero-order valence-corrected chi connectivity index (χ0v) is 13.0. The fraction of sp³-hybridized carbons (Fsp3) is 0.588. The Kier molecular flexibility index (Phi) is 2.69. The van der Waals surface area contributed by atoms with Gasteiger partial charge in [-0.2, -0.15) is 0 Å². The number of hydrogen-bond acceptors (Lipinski definition) is 1. The molecular weight excluding hydrogens is 268 g/mol. The van der Waals surface area contributed by atoms with Crippen LogP contribution in [0.2, 0.25) is 0 Å². The molecule has 0 spiro atoms. The van der Waals surface area contributed by atoms with Gasteiger partial charge in [0.05, 0.1) is 16.4 Å². The first-order valence-electron chi connectivity index (χ1n) is 7.70. The topological polar surface area (TPSA) is 17.8 Å². The zero-order valence-electron chi connectivity index (χ0n) is 12.2. The van der Waals surface area contributed by atoms with Gasteiger partial charge < -0.3 is 4.57 Å². The molecule has 0 amide bonds. The van der Waals surface area contributed by atoms with Gasteiger partial charge in [-0.1, -0.05) is 6.07 Å². The van der Waals surface area contributed by atoms with Crippen molar-refractivity contribution in [3.8, 4) is 0 Å². The number of imidazole rings is 1. The van der Waals surface area contributed by atoms with Crippen molar-refractivity contribution in [1.29, 1.82) is 0 Å². The van der Waals surface area contributed by atoms with E-state index in [2.05, 4.69) is 29.7 Å². The SMILES string of the molecule is Cc1ccc2nc(C(C)Cl)n(CC3(C4CC4)CC3)c2c1. The number of fused-ring (bicyclic) bond motifs is 1. The van der Waals surface area contributed by atoms with Crippen LogP contribution < -0.4 is 0 Å². The van der Waals surface area contributed by atoms with E-state index in [9.17, 15) is 0 Å². The molecular formula is C17H21ClN2. The lowest BCUT2D eigenvalue weighted by Gasteiger charge is -2.18. The van der Waals surface area contributed by atoms with Crippen LogP contribution in [0.15, 0.2) is 18.2 Å². The normalized spacial score (nSPS) is 22.1. The number of rotatable bonds is 4. The van der Waals surface area contributed by atoms with E-state index in [0.717, 1.165) is 23.8 Å². The predicted octanol–water partition coefficient (Wildman–Crippen LogP) is 4.83. The van der Waals surface area contributed by atoms with Crippen molar-refractivity contribution in [2.75, 3.05) is 0 Å². The second-order valence-corrected chi connectivity index (χ2v) is 7.46. The van der Waals surface area contributed by atoms with E-state index in [1.807, 2.05) is 6.92 Å². The highest BCUT2D eigenvalue weighted by Crippen LogP contribution is 2.62. The van der Waals surface area contributed by atoms with Gasteiger partial charge >= 0.3 is 0 Å². The summed E-state index contributed by atoms with van der Waals surface area (Å²) in [5, 5.41) is -0.0299. The maximum atomic E-state index is 6.38. The van der Waals surface area contributed by atoms with Crippen LogP contribution in [0.1, 0.15) is 49.4 Å². The Morgan fingerprint density at radius 1 is 1.40 bits per heavy atom. The summed E-state index contributed by atoms with van der Waals surface area (Å²) in [5.41, 5.74) is 4.21. The number of aryl methyl sites for hydroxylation is 1. The van der Waals surface area contributed by atoms with Crippen molar-refractivity contribution in [1.82, 2.24) is 9.55 Å². The Bertz CT molecular complexity index is 663. The molecule has 0 aliphatic heterocycles. The van der Waals surface area contributed by atoms with Crippen LogP contribution in [0, 0.1) is 18.3 Å². The van der Waals surface area contributed by atoms with E-state index in [1.54, 1.807) is 0 Å². The summed E-state index contributed by atoms with van der Waals surface area (Å²) in [6.45, 7) is 5.29. The summed E-state index contributed by atoms with van der Waals surface area (Å²) < 4.78 is 2.41. The van der Waals surface area contributed by atoms with Crippen LogP contribution >= 0.6 is 11.6 Å². The number of nitrogens with zero attached hydrogens (tertiary/aromatic N) is 2. The van der Waals surface area contributed by atoms with Gasteiger partial charge in [0.2, 0.25) is 0 Å². The van der Waals surface area contributed by atoms with E-state index in [-0.39, 0.29) is 5.38 Å². The zero-order chi connectivity index (χ0) is 13.9. The molecule has 0 radical (unpaired) electrons. The molecule has 2 aliphatic rings. The third kappa shape index (κ3) is 1.96. The van der Waals surface area contributed by atoms with Crippen LogP contribution in [0.25, 0.3) is 11.0 Å². The summed E-state index contributed by atoms with van der Waals surface area (Å²) in [7, 11) is 0. The van der Waals surface area contributed by atoms with Gasteiger partial charge in [0.15, 0.2) is 0 Å². The summed E-state index contributed by atoms with van der Waals surface area (Å²) in [4.78, 5) is 4.78. The molecule has 20 heavy (non-hydrogen) atoms. The molecule has 4 rings (SSSR count). The molecule has 1 atom stereocenters. The smallest absolute Gasteiger partial charge is 0.127 e. The van der Waals surface area contributed by atoms with E-state index < -0.39 is 0 Å². The van der Waals surface area contributed by atoms with E-state index in [4.69, 9.17) is 16.6 Å². The highest BCUT2D eigenvalue weighted by molar-refractivity contribution is 6.20. The van der Waals surface area contributed by atoms with Gasteiger partial charge in [0, 0.05) is 6.54 Å². The van der Waals surface area contributed by atoms with Gasteiger partial charge in [-0.25, -0.2) is 4.98 Å². The molecule has 2 aromatic rings. The minimum Gasteiger partial charge on any atom is -0.326 e. The van der Waals surface area contributed by atoms with E-state index in [1.165, 1.54) is 36.8 Å². The fourth-order valence-corrected chi connectivity index (χ4v) is 3.75. The first kappa shape index (κ1) is 12.7. The third-order valence-electron chi connectivity index (χ3n) is 5.10. The van der Waals surface area contributed by atoms with Crippen LogP contribution in [-0.4, -0.2) is 9.55 Å². The lowest BCUT2D eigenvalue weighted by Crippen LogP contribution is -2.16. The number of alkyl halides is 1. The molecule has 1 aromatic heterocycles. The summed E-state index contributed by atoms with van der Waals surface area (Å²) in [5.74, 6) is 2.00. The molecule has 0 N–H and O–H groups in total. The number of hydrogen-bond donors (Lipinski definition) is 0. The lowest BCUT2D eigenvalue weighted by molar-refractivity contribution is 0.369. The lowest BCUT2D eigenvalue weighted by atomic mass is 10.0. The van der Waals surface area contributed by atoms with Crippen LogP contribution in [0.4, 0.5) is 0 Å². The molecule has 0 bridgehead atoms. The Hall–Kier alpha value is -1.02. The van der Waals surface area contributed by atoms with Gasteiger partial charge in [-0.15, -0.1) is 11.6 Å². The van der Waals surface area contributed by atoms with Gasteiger partial charge in [0.25, 0.3) is 0 Å². The van der Waals surface area contributed by atoms with Gasteiger partial charge in [-0.3, -0.25) is 0 Å². The van der Waals surface area contributed by atoms with Crippen molar-refractivity contribution in [2.24, 2.45) is 11.3 Å². The van der Waals surface area contributed by atoms with Crippen molar-refractivity contribution in [3.63, 3.8) is 0 Å². The molecule has 1 heterocycles. The summed E-state index contributed by atoms with van der Waals surface area (Å²) in [6.07, 6.45) is 5.63. The Morgan fingerprint density at radius 3 is 2.75 bits per heavy atom. The molecule has 106 valence electrons. The number of halogens is 1. The van der Waals surface area contributed by atoms with Crippen molar-refractivity contribution < 1.29 is 0 Å². The Morgan fingerprint density at radius 2 is 2.15 bits per heavy atom. The molecule has 1 unspecified atom stereocenters. The average Bonchev–Trinajstić information content (AvgIpc) is 3.28. The quantitative estimate of drug-likeness (QED) is 0.737. The summed E-state index contributed by atoms with van der Waals surface area (Å²) in [6, 6.07) is 6.52. The first-order chi connectivity index (χ1) is 9.59. The Balaban J connectivity index is 1.82. The molecule has 1 aromatic carbocycles. The second kappa shape index (κ2) is 4.24. The van der Waals surface area contributed by atoms with Crippen molar-refractivity contribution >= 4 is 22.6 Å². The minimum absolute atomic E-state index is 0.0299.